The van der Waals surface area contributed by atoms with Gasteiger partial charge < -0.3 is 19.1 Å². The van der Waals surface area contributed by atoms with E-state index in [-0.39, 0.29) is 24.3 Å². The molecule has 4 rings (SSSR count). The summed E-state index contributed by atoms with van der Waals surface area (Å²) in [4.78, 5) is 35.2. The molecule has 7 heteroatoms. The Kier molecular flexibility index (Phi) is 7.43. The minimum absolute atomic E-state index is 0.0504. The van der Waals surface area contributed by atoms with Crippen LogP contribution in [0.5, 0.6) is 5.75 Å². The molecule has 1 aliphatic heterocycles. The van der Waals surface area contributed by atoms with Crippen molar-refractivity contribution >= 4 is 28.5 Å². The lowest BCUT2D eigenvalue weighted by molar-refractivity contribution is -0.132. The second-order valence-corrected chi connectivity index (χ2v) is 10.2. The molecule has 2 heterocycles. The Morgan fingerprint density at radius 2 is 1.80 bits per heavy atom. The van der Waals surface area contributed by atoms with Crippen molar-refractivity contribution < 1.29 is 14.3 Å². The van der Waals surface area contributed by atoms with Gasteiger partial charge in [-0.3, -0.25) is 9.59 Å². The molecule has 0 N–H and O–H groups in total. The van der Waals surface area contributed by atoms with Crippen molar-refractivity contribution in [3.8, 4) is 5.75 Å². The lowest BCUT2D eigenvalue weighted by Gasteiger charge is -2.27. The van der Waals surface area contributed by atoms with Crippen LogP contribution in [-0.4, -0.2) is 53.0 Å². The van der Waals surface area contributed by atoms with Crippen LogP contribution in [0.2, 0.25) is 0 Å². The topological polar surface area (TPSA) is 67.7 Å². The van der Waals surface area contributed by atoms with Crippen LogP contribution in [-0.2, 0) is 16.1 Å². The zero-order valence-corrected chi connectivity index (χ0v) is 21.4. The highest BCUT2D eigenvalue weighted by Crippen LogP contribution is 2.34. The number of benzene rings is 2. The van der Waals surface area contributed by atoms with Crippen molar-refractivity contribution in [2.24, 2.45) is 11.8 Å². The molecular weight excluding hydrogens is 440 g/mol. The van der Waals surface area contributed by atoms with Crippen molar-refractivity contribution in [3.05, 3.63) is 54.4 Å². The van der Waals surface area contributed by atoms with Crippen LogP contribution in [0.3, 0.4) is 0 Å². The van der Waals surface area contributed by atoms with E-state index in [1.165, 1.54) is 0 Å². The number of methoxy groups -OCH3 is 1. The fourth-order valence-corrected chi connectivity index (χ4v) is 4.88. The summed E-state index contributed by atoms with van der Waals surface area (Å²) in [5.41, 5.74) is 2.59. The quantitative estimate of drug-likeness (QED) is 0.449. The normalized spacial score (nSPS) is 16.0. The molecule has 0 radical (unpaired) electrons. The number of aromatic nitrogens is 2. The van der Waals surface area contributed by atoms with E-state index in [0.717, 1.165) is 35.6 Å². The van der Waals surface area contributed by atoms with Gasteiger partial charge in [-0.1, -0.05) is 45.9 Å². The third-order valence-corrected chi connectivity index (χ3v) is 6.36. The lowest BCUT2D eigenvalue weighted by Crippen LogP contribution is -2.39. The third-order valence-electron chi connectivity index (χ3n) is 6.36. The Labute approximate surface area is 207 Å². The molecule has 1 aromatic heterocycles. The van der Waals surface area contributed by atoms with Crippen molar-refractivity contribution in [2.45, 2.75) is 46.6 Å². The number of hydrogen-bond acceptors (Lipinski definition) is 4. The number of hydrogen-bond donors (Lipinski definition) is 0. The van der Waals surface area contributed by atoms with Crippen molar-refractivity contribution in [2.75, 3.05) is 31.6 Å². The smallest absolute Gasteiger partial charge is 0.242 e. The van der Waals surface area contributed by atoms with Gasteiger partial charge in [0.2, 0.25) is 11.8 Å². The molecule has 0 aliphatic carbocycles. The zero-order chi connectivity index (χ0) is 25.1. The van der Waals surface area contributed by atoms with Crippen molar-refractivity contribution in [1.29, 1.82) is 0 Å². The van der Waals surface area contributed by atoms with E-state index in [1.807, 2.05) is 58.0 Å². The van der Waals surface area contributed by atoms with Gasteiger partial charge in [-0.2, -0.15) is 0 Å². The van der Waals surface area contributed by atoms with Crippen LogP contribution in [0.1, 0.15) is 45.9 Å². The fourth-order valence-electron chi connectivity index (χ4n) is 4.88. The standard InChI is InChI=1S/C28H36N4O3/c1-19(2)15-30(16-20(3)4)27(34)18-32-25-12-7-6-11-24(25)29-28(32)21-13-26(33)31(17-21)22-9-8-10-23(14-22)35-5/h6-12,14,19-21H,13,15-18H2,1-5H3. The predicted octanol–water partition coefficient (Wildman–Crippen LogP) is 4.71. The summed E-state index contributed by atoms with van der Waals surface area (Å²) < 4.78 is 7.37. The van der Waals surface area contributed by atoms with Gasteiger partial charge in [0.1, 0.15) is 18.1 Å². The van der Waals surface area contributed by atoms with Gasteiger partial charge in [0.05, 0.1) is 18.1 Å². The predicted molar refractivity (Wildman–Crippen MR) is 139 cm³/mol. The summed E-state index contributed by atoms with van der Waals surface area (Å²) in [6.07, 6.45) is 0.358. The molecule has 1 fully saturated rings. The van der Waals surface area contributed by atoms with Crippen LogP contribution in [0.25, 0.3) is 11.0 Å². The molecule has 1 saturated heterocycles. The second-order valence-electron chi connectivity index (χ2n) is 10.2. The fraction of sp³-hybridized carbons (Fsp3) is 0.464. The minimum atomic E-state index is -0.0995. The third kappa shape index (κ3) is 5.50. The summed E-state index contributed by atoms with van der Waals surface area (Å²) in [7, 11) is 1.62. The number of rotatable bonds is 9. The number of carbonyl (C=O) groups excluding carboxylic acids is 2. The largest absolute Gasteiger partial charge is 0.497 e. The van der Waals surface area contributed by atoms with Gasteiger partial charge in [0.15, 0.2) is 0 Å². The maximum atomic E-state index is 13.5. The molecule has 7 nitrogen and oxygen atoms in total. The first-order chi connectivity index (χ1) is 16.8. The SMILES string of the molecule is COc1cccc(N2CC(c3nc4ccccc4n3CC(=O)N(CC(C)C)CC(C)C)CC2=O)c1. The van der Waals surface area contributed by atoms with Crippen molar-refractivity contribution in [1.82, 2.24) is 14.5 Å². The highest BCUT2D eigenvalue weighted by atomic mass is 16.5. The maximum Gasteiger partial charge on any atom is 0.242 e. The number of para-hydroxylation sites is 2. The molecule has 1 unspecified atom stereocenters. The van der Waals surface area contributed by atoms with Crippen LogP contribution < -0.4 is 9.64 Å². The highest BCUT2D eigenvalue weighted by Gasteiger charge is 2.35. The number of ether oxygens (including phenoxy) is 1. The Morgan fingerprint density at radius 3 is 2.49 bits per heavy atom. The van der Waals surface area contributed by atoms with E-state index in [1.54, 1.807) is 12.0 Å². The average Bonchev–Trinajstić information content (AvgIpc) is 3.38. The van der Waals surface area contributed by atoms with Crippen LogP contribution >= 0.6 is 0 Å². The summed E-state index contributed by atoms with van der Waals surface area (Å²) in [5.74, 6) is 2.33. The van der Waals surface area contributed by atoms with E-state index in [2.05, 4.69) is 27.7 Å². The molecule has 1 atom stereocenters. The molecule has 0 bridgehead atoms. The number of nitrogens with zero attached hydrogens (tertiary/aromatic N) is 4. The van der Waals surface area contributed by atoms with Crippen LogP contribution in [0.15, 0.2) is 48.5 Å². The van der Waals surface area contributed by atoms with E-state index in [0.29, 0.717) is 30.6 Å². The summed E-state index contributed by atoms with van der Waals surface area (Å²) in [6.45, 7) is 10.7. The first-order valence-electron chi connectivity index (χ1n) is 12.4. The number of imidazole rings is 1. The van der Waals surface area contributed by atoms with E-state index < -0.39 is 0 Å². The number of amides is 2. The highest BCUT2D eigenvalue weighted by molar-refractivity contribution is 5.96. The number of carbonyl (C=O) groups is 2. The van der Waals surface area contributed by atoms with Crippen LogP contribution in [0, 0.1) is 11.8 Å². The van der Waals surface area contributed by atoms with Gasteiger partial charge in [-0.05, 0) is 36.1 Å². The maximum absolute atomic E-state index is 13.5. The molecule has 2 aromatic carbocycles. The second kappa shape index (κ2) is 10.5. The van der Waals surface area contributed by atoms with Crippen LogP contribution in [0.4, 0.5) is 5.69 Å². The van der Waals surface area contributed by atoms with Gasteiger partial charge >= 0.3 is 0 Å². The molecule has 3 aromatic rings. The Morgan fingerprint density at radius 1 is 1.09 bits per heavy atom. The van der Waals surface area contributed by atoms with E-state index in [9.17, 15) is 9.59 Å². The average molecular weight is 477 g/mol. The molecule has 2 amide bonds. The first kappa shape index (κ1) is 24.8. The molecule has 1 aliphatic rings. The first-order valence-corrected chi connectivity index (χ1v) is 12.4. The Bertz CT molecular complexity index is 1190. The molecule has 0 spiro atoms. The molecule has 186 valence electrons. The van der Waals surface area contributed by atoms with Gasteiger partial charge in [-0.15, -0.1) is 0 Å². The van der Waals surface area contributed by atoms with Gasteiger partial charge in [0, 0.05) is 43.7 Å². The van der Waals surface area contributed by atoms with Gasteiger partial charge in [-0.25, -0.2) is 4.98 Å². The minimum Gasteiger partial charge on any atom is -0.497 e. The molecule has 0 saturated carbocycles. The molecule has 35 heavy (non-hydrogen) atoms. The van der Waals surface area contributed by atoms with Crippen molar-refractivity contribution in [3.63, 3.8) is 0 Å². The summed E-state index contributed by atoms with van der Waals surface area (Å²) >= 11 is 0. The molecular formula is C28H36N4O3. The van der Waals surface area contributed by atoms with Gasteiger partial charge in [0.25, 0.3) is 0 Å². The lowest BCUT2D eigenvalue weighted by atomic mass is 10.1. The summed E-state index contributed by atoms with van der Waals surface area (Å²) in [5, 5.41) is 0. The Balaban J connectivity index is 1.65. The monoisotopic (exact) mass is 476 g/mol. The zero-order valence-electron chi connectivity index (χ0n) is 21.4. The van der Waals surface area contributed by atoms with E-state index >= 15 is 0 Å². The summed E-state index contributed by atoms with van der Waals surface area (Å²) in [6, 6.07) is 15.5. The Hall–Kier alpha value is -3.35. The number of fused-ring (bicyclic) bond motifs is 1. The number of anilines is 1. The van der Waals surface area contributed by atoms with E-state index in [4.69, 9.17) is 9.72 Å².